The first-order chi connectivity index (χ1) is 11.1. The second kappa shape index (κ2) is 5.76. The molecule has 3 aromatic rings. The Morgan fingerprint density at radius 3 is 2.74 bits per heavy atom. The first-order valence-electron chi connectivity index (χ1n) is 6.97. The summed E-state index contributed by atoms with van der Waals surface area (Å²) >= 11 is 10.9. The van der Waals surface area contributed by atoms with Gasteiger partial charge in [-0.1, -0.05) is 31.9 Å². The fourth-order valence-corrected chi connectivity index (χ4v) is 4.78. The van der Waals surface area contributed by atoms with Crippen LogP contribution in [0.5, 0.6) is 5.75 Å². The number of H-pyrrole nitrogens is 1. The maximum absolute atomic E-state index is 5.49. The van der Waals surface area contributed by atoms with Crippen LogP contribution in [-0.4, -0.2) is 16.7 Å². The van der Waals surface area contributed by atoms with Crippen molar-refractivity contribution in [3.05, 3.63) is 56.6 Å². The maximum atomic E-state index is 5.49. The lowest BCUT2D eigenvalue weighted by molar-refractivity contribution is 0.418. The molecule has 1 aromatic heterocycles. The molecular formula is C17H11Br3N2O. The Kier molecular flexibility index (Phi) is 3.86. The normalized spacial score (nSPS) is 16.5. The van der Waals surface area contributed by atoms with Gasteiger partial charge >= 0.3 is 0 Å². The number of nitrogens with zero attached hydrogens (tertiary/aromatic N) is 1. The van der Waals surface area contributed by atoms with E-state index in [1.54, 1.807) is 7.11 Å². The Morgan fingerprint density at radius 1 is 1.13 bits per heavy atom. The van der Waals surface area contributed by atoms with Crippen molar-refractivity contribution in [2.45, 2.75) is 5.92 Å². The highest BCUT2D eigenvalue weighted by Gasteiger charge is 2.31. The summed E-state index contributed by atoms with van der Waals surface area (Å²) in [7, 11) is 1.68. The van der Waals surface area contributed by atoms with Crippen LogP contribution in [0.3, 0.4) is 0 Å². The van der Waals surface area contributed by atoms with Gasteiger partial charge in [0.25, 0.3) is 0 Å². The monoisotopic (exact) mass is 496 g/mol. The average molecular weight is 499 g/mol. The predicted molar refractivity (Wildman–Crippen MR) is 105 cm³/mol. The summed E-state index contributed by atoms with van der Waals surface area (Å²) in [6.07, 6.45) is 1.94. The topological polar surface area (TPSA) is 37.4 Å². The van der Waals surface area contributed by atoms with E-state index in [1.807, 2.05) is 24.4 Å². The lowest BCUT2D eigenvalue weighted by Crippen LogP contribution is -2.06. The fraction of sp³-hybridized carbons (Fsp3) is 0.118. The number of halogens is 3. The number of ether oxygens (including phenoxy) is 1. The average Bonchev–Trinajstić information content (AvgIpc) is 3.11. The second-order valence-electron chi connectivity index (χ2n) is 5.31. The summed E-state index contributed by atoms with van der Waals surface area (Å²) in [6, 6.07) is 10.3. The molecule has 0 bridgehead atoms. The zero-order valence-electron chi connectivity index (χ0n) is 12.0. The van der Waals surface area contributed by atoms with Crippen molar-refractivity contribution >= 4 is 69.0 Å². The highest BCUT2D eigenvalue weighted by Crippen LogP contribution is 2.48. The Balaban J connectivity index is 2.01. The van der Waals surface area contributed by atoms with Gasteiger partial charge in [0.05, 0.1) is 28.9 Å². The molecule has 0 aliphatic carbocycles. The van der Waals surface area contributed by atoms with Crippen molar-refractivity contribution in [3.8, 4) is 5.75 Å². The highest BCUT2D eigenvalue weighted by atomic mass is 79.9. The molecule has 2 aromatic carbocycles. The SMILES string of the molecule is COc1cc(Br)c(C2C(Br)=Nc3ccc(Br)cc32)c2cc[nH]c12. The predicted octanol–water partition coefficient (Wildman–Crippen LogP) is 6.27. The number of fused-ring (bicyclic) bond motifs is 2. The van der Waals surface area contributed by atoms with Crippen LogP contribution in [0.25, 0.3) is 10.9 Å². The summed E-state index contributed by atoms with van der Waals surface area (Å²) < 4.78 is 8.46. The molecule has 0 saturated heterocycles. The Morgan fingerprint density at radius 2 is 1.96 bits per heavy atom. The van der Waals surface area contributed by atoms with Crippen LogP contribution in [0.1, 0.15) is 17.0 Å². The summed E-state index contributed by atoms with van der Waals surface area (Å²) in [6.45, 7) is 0. The third-order valence-electron chi connectivity index (χ3n) is 4.07. The smallest absolute Gasteiger partial charge is 0.144 e. The fourth-order valence-electron chi connectivity index (χ4n) is 3.09. The van der Waals surface area contributed by atoms with Crippen molar-refractivity contribution < 1.29 is 4.74 Å². The number of aromatic nitrogens is 1. The Bertz CT molecular complexity index is 962. The molecule has 116 valence electrons. The third kappa shape index (κ3) is 2.39. The highest BCUT2D eigenvalue weighted by molar-refractivity contribution is 9.18. The first kappa shape index (κ1) is 15.4. The van der Waals surface area contributed by atoms with E-state index in [9.17, 15) is 0 Å². The van der Waals surface area contributed by atoms with Crippen molar-refractivity contribution in [3.63, 3.8) is 0 Å². The molecule has 1 unspecified atom stereocenters. The zero-order chi connectivity index (χ0) is 16.1. The van der Waals surface area contributed by atoms with Gasteiger partial charge in [0, 0.05) is 20.5 Å². The van der Waals surface area contributed by atoms with Crippen molar-refractivity contribution in [1.82, 2.24) is 4.98 Å². The van der Waals surface area contributed by atoms with E-state index in [1.165, 1.54) is 11.1 Å². The van der Waals surface area contributed by atoms with Crippen LogP contribution in [0.15, 0.2) is 50.5 Å². The van der Waals surface area contributed by atoms with Gasteiger partial charge in [-0.2, -0.15) is 0 Å². The number of benzene rings is 2. The summed E-state index contributed by atoms with van der Waals surface area (Å²) in [5, 5.41) is 1.13. The van der Waals surface area contributed by atoms with Gasteiger partial charge in [0.1, 0.15) is 5.75 Å². The first-order valence-corrected chi connectivity index (χ1v) is 9.35. The number of aromatic amines is 1. The number of hydrogen-bond donors (Lipinski definition) is 1. The van der Waals surface area contributed by atoms with Gasteiger partial charge in [-0.25, -0.2) is 4.99 Å². The molecule has 2 heterocycles. The van der Waals surface area contributed by atoms with Crippen molar-refractivity contribution in [1.29, 1.82) is 0 Å². The van der Waals surface area contributed by atoms with E-state index in [2.05, 4.69) is 69.9 Å². The van der Waals surface area contributed by atoms with Gasteiger partial charge in [-0.15, -0.1) is 0 Å². The van der Waals surface area contributed by atoms with Crippen LogP contribution < -0.4 is 4.74 Å². The maximum Gasteiger partial charge on any atom is 0.144 e. The van der Waals surface area contributed by atoms with Crippen LogP contribution >= 0.6 is 47.8 Å². The molecule has 1 atom stereocenters. The molecule has 0 spiro atoms. The largest absolute Gasteiger partial charge is 0.495 e. The molecule has 0 saturated carbocycles. The van der Waals surface area contributed by atoms with Gasteiger partial charge in [0.15, 0.2) is 0 Å². The van der Waals surface area contributed by atoms with Gasteiger partial charge in [-0.05, 0) is 57.4 Å². The minimum absolute atomic E-state index is 0.0566. The number of aliphatic imine (C=N–C) groups is 1. The van der Waals surface area contributed by atoms with E-state index in [0.29, 0.717) is 0 Å². The molecule has 23 heavy (non-hydrogen) atoms. The molecule has 1 aliphatic heterocycles. The lowest BCUT2D eigenvalue weighted by Gasteiger charge is -2.17. The van der Waals surface area contributed by atoms with Crippen molar-refractivity contribution in [2.75, 3.05) is 7.11 Å². The molecule has 1 aliphatic rings. The van der Waals surface area contributed by atoms with Crippen LogP contribution in [0.2, 0.25) is 0 Å². The molecule has 6 heteroatoms. The quantitative estimate of drug-likeness (QED) is 0.444. The van der Waals surface area contributed by atoms with Crippen LogP contribution in [-0.2, 0) is 0 Å². The van der Waals surface area contributed by atoms with E-state index < -0.39 is 0 Å². The van der Waals surface area contributed by atoms with E-state index in [0.717, 1.165) is 35.9 Å². The van der Waals surface area contributed by atoms with Crippen LogP contribution in [0.4, 0.5) is 5.69 Å². The molecule has 4 rings (SSSR count). The van der Waals surface area contributed by atoms with E-state index in [4.69, 9.17) is 4.74 Å². The number of methoxy groups -OCH3 is 1. The number of rotatable bonds is 2. The summed E-state index contributed by atoms with van der Waals surface area (Å²) in [5.41, 5.74) is 4.35. The molecular weight excluding hydrogens is 488 g/mol. The molecule has 0 amide bonds. The van der Waals surface area contributed by atoms with Crippen molar-refractivity contribution in [2.24, 2.45) is 4.99 Å². The zero-order valence-corrected chi connectivity index (χ0v) is 16.8. The minimum atomic E-state index is 0.0566. The molecule has 3 nitrogen and oxygen atoms in total. The van der Waals surface area contributed by atoms with E-state index in [-0.39, 0.29) is 5.92 Å². The third-order valence-corrected chi connectivity index (χ3v) is 5.86. The van der Waals surface area contributed by atoms with E-state index >= 15 is 0 Å². The Labute approximate surface area is 158 Å². The molecule has 1 N–H and O–H groups in total. The number of hydrogen-bond acceptors (Lipinski definition) is 2. The second-order valence-corrected chi connectivity index (χ2v) is 7.89. The molecule has 0 radical (unpaired) electrons. The lowest BCUT2D eigenvalue weighted by atomic mass is 9.90. The van der Waals surface area contributed by atoms with Gasteiger partial charge < -0.3 is 9.72 Å². The standard InChI is InChI=1S/C17H11Br3N2O/c1-23-13-7-11(19)14(9-4-5-21-16(9)13)15-10-6-8(18)2-3-12(10)22-17(15)20/h2-7,15,21H,1H3. The van der Waals surface area contributed by atoms with Gasteiger partial charge in [0.2, 0.25) is 0 Å². The Hall–Kier alpha value is -1.11. The summed E-state index contributed by atoms with van der Waals surface area (Å²) in [4.78, 5) is 7.95. The minimum Gasteiger partial charge on any atom is -0.495 e. The van der Waals surface area contributed by atoms with Gasteiger partial charge in [-0.3, -0.25) is 0 Å². The van der Waals surface area contributed by atoms with Crippen LogP contribution in [0, 0.1) is 0 Å². The molecule has 0 fully saturated rings. The summed E-state index contributed by atoms with van der Waals surface area (Å²) in [5.74, 6) is 0.877. The number of nitrogens with one attached hydrogen (secondary N) is 1.